The van der Waals surface area contributed by atoms with E-state index in [2.05, 4.69) is 17.1 Å². The van der Waals surface area contributed by atoms with Crippen LogP contribution >= 0.6 is 0 Å². The van der Waals surface area contributed by atoms with Crippen LogP contribution in [0.25, 0.3) is 0 Å². The maximum atomic E-state index is 12.6. The minimum Gasteiger partial charge on any atom is -0.379 e. The molecule has 3 rings (SSSR count). The number of ether oxygens (including phenoxy) is 1. The van der Waals surface area contributed by atoms with Crippen molar-refractivity contribution >= 4 is 15.9 Å². The van der Waals surface area contributed by atoms with E-state index < -0.39 is 10.0 Å². The number of benzene rings is 1. The van der Waals surface area contributed by atoms with Crippen LogP contribution < -0.4 is 5.32 Å². The summed E-state index contributed by atoms with van der Waals surface area (Å²) in [6.07, 6.45) is 2.27. The van der Waals surface area contributed by atoms with E-state index in [0.717, 1.165) is 19.5 Å². The Bertz CT molecular complexity index is 714. The zero-order valence-electron chi connectivity index (χ0n) is 15.2. The highest BCUT2D eigenvalue weighted by atomic mass is 32.2. The molecular formula is C18H27N3O4S. The Labute approximate surface area is 155 Å². The van der Waals surface area contributed by atoms with Crippen molar-refractivity contribution in [1.29, 1.82) is 0 Å². The molecule has 1 atom stereocenters. The zero-order valence-corrected chi connectivity index (χ0v) is 16.0. The molecule has 0 unspecified atom stereocenters. The van der Waals surface area contributed by atoms with Gasteiger partial charge in [-0.25, -0.2) is 8.42 Å². The van der Waals surface area contributed by atoms with Crippen LogP contribution in [0.1, 0.15) is 30.1 Å². The first-order chi connectivity index (χ1) is 12.5. The van der Waals surface area contributed by atoms with E-state index in [0.29, 0.717) is 44.5 Å². The van der Waals surface area contributed by atoms with Crippen LogP contribution in [0.15, 0.2) is 29.2 Å². The van der Waals surface area contributed by atoms with Crippen LogP contribution in [-0.4, -0.2) is 75.5 Å². The summed E-state index contributed by atoms with van der Waals surface area (Å²) < 4.78 is 31.8. The summed E-state index contributed by atoms with van der Waals surface area (Å²) in [7, 11) is -3.53. The molecule has 0 saturated carbocycles. The second-order valence-electron chi connectivity index (χ2n) is 6.68. The highest BCUT2D eigenvalue weighted by molar-refractivity contribution is 7.89. The molecule has 1 amide bonds. The molecule has 2 saturated heterocycles. The number of amides is 1. The minimum atomic E-state index is -3.53. The summed E-state index contributed by atoms with van der Waals surface area (Å²) in [4.78, 5) is 14.9. The van der Waals surface area contributed by atoms with Crippen LogP contribution in [0.4, 0.5) is 0 Å². The Balaban J connectivity index is 1.60. The number of morpholine rings is 1. The molecule has 0 radical (unpaired) electrons. The number of carbonyl (C=O) groups is 1. The van der Waals surface area contributed by atoms with E-state index in [1.807, 2.05) is 0 Å². The first kappa shape index (κ1) is 19.3. The molecule has 1 N–H and O–H groups in total. The van der Waals surface area contributed by atoms with E-state index in [1.54, 1.807) is 12.1 Å². The van der Waals surface area contributed by atoms with Gasteiger partial charge in [0.25, 0.3) is 5.91 Å². The number of sulfonamides is 1. The third-order valence-electron chi connectivity index (χ3n) is 5.13. The molecule has 2 fully saturated rings. The predicted molar refractivity (Wildman–Crippen MR) is 98.6 cm³/mol. The van der Waals surface area contributed by atoms with Gasteiger partial charge in [0, 0.05) is 31.2 Å². The van der Waals surface area contributed by atoms with Crippen molar-refractivity contribution in [2.45, 2.75) is 30.7 Å². The van der Waals surface area contributed by atoms with Crippen molar-refractivity contribution in [3.63, 3.8) is 0 Å². The zero-order chi connectivity index (χ0) is 18.6. The van der Waals surface area contributed by atoms with E-state index in [4.69, 9.17) is 4.74 Å². The lowest BCUT2D eigenvalue weighted by Crippen LogP contribution is -2.40. The molecule has 1 aromatic rings. The largest absolute Gasteiger partial charge is 0.379 e. The quantitative estimate of drug-likeness (QED) is 0.793. The molecule has 0 bridgehead atoms. The number of carbonyl (C=O) groups excluding carboxylic acids is 1. The third-order valence-corrected chi connectivity index (χ3v) is 7.04. The Morgan fingerprint density at radius 3 is 2.54 bits per heavy atom. The first-order valence-corrected chi connectivity index (χ1v) is 10.7. The van der Waals surface area contributed by atoms with Crippen molar-refractivity contribution in [2.75, 3.05) is 45.9 Å². The SMILES string of the molecule is CCN1CCC[C@@H]1CNC(=O)c1ccc(S(=O)(=O)N2CCOCC2)cc1. The fourth-order valence-electron chi connectivity index (χ4n) is 3.57. The van der Waals surface area contributed by atoms with Crippen molar-refractivity contribution in [2.24, 2.45) is 0 Å². The van der Waals surface area contributed by atoms with Gasteiger partial charge in [-0.05, 0) is 50.2 Å². The number of nitrogens with zero attached hydrogens (tertiary/aromatic N) is 2. The lowest BCUT2D eigenvalue weighted by Gasteiger charge is -2.26. The molecular weight excluding hydrogens is 354 g/mol. The van der Waals surface area contributed by atoms with E-state index in [1.165, 1.54) is 22.9 Å². The number of nitrogens with one attached hydrogen (secondary N) is 1. The fraction of sp³-hybridized carbons (Fsp3) is 0.611. The molecule has 8 heteroatoms. The van der Waals surface area contributed by atoms with Crippen molar-refractivity contribution in [3.8, 4) is 0 Å². The van der Waals surface area contributed by atoms with Crippen LogP contribution in [0.5, 0.6) is 0 Å². The molecule has 2 aliphatic heterocycles. The average molecular weight is 381 g/mol. The maximum Gasteiger partial charge on any atom is 0.251 e. The fourth-order valence-corrected chi connectivity index (χ4v) is 4.98. The molecule has 144 valence electrons. The third kappa shape index (κ3) is 4.25. The monoisotopic (exact) mass is 381 g/mol. The Morgan fingerprint density at radius 1 is 1.19 bits per heavy atom. The Hall–Kier alpha value is -1.48. The summed E-state index contributed by atoms with van der Waals surface area (Å²) in [5, 5.41) is 2.97. The van der Waals surface area contributed by atoms with Crippen LogP contribution in [0, 0.1) is 0 Å². The Morgan fingerprint density at radius 2 is 1.88 bits per heavy atom. The number of likely N-dealkylation sites (N-methyl/N-ethyl adjacent to an activating group) is 1. The van der Waals surface area contributed by atoms with Gasteiger partial charge in [0.2, 0.25) is 10.0 Å². The number of hydrogen-bond donors (Lipinski definition) is 1. The molecule has 7 nitrogen and oxygen atoms in total. The maximum absolute atomic E-state index is 12.6. The van der Waals surface area contributed by atoms with E-state index in [9.17, 15) is 13.2 Å². The molecule has 0 aromatic heterocycles. The van der Waals surface area contributed by atoms with Crippen LogP contribution in [0.2, 0.25) is 0 Å². The van der Waals surface area contributed by atoms with E-state index >= 15 is 0 Å². The summed E-state index contributed by atoms with van der Waals surface area (Å²) in [6, 6.07) is 6.57. The second-order valence-corrected chi connectivity index (χ2v) is 8.61. The standard InChI is InChI=1S/C18H27N3O4S/c1-2-20-9-3-4-16(20)14-19-18(22)15-5-7-17(8-6-15)26(23,24)21-10-12-25-13-11-21/h5-8,16H,2-4,9-14H2,1H3,(H,19,22)/t16-/m1/s1. The van der Waals surface area contributed by atoms with Crippen molar-refractivity contribution < 1.29 is 17.9 Å². The summed E-state index contributed by atoms with van der Waals surface area (Å²) in [6.45, 7) is 6.39. The number of hydrogen-bond acceptors (Lipinski definition) is 5. The van der Waals surface area contributed by atoms with Gasteiger partial charge in [0.1, 0.15) is 0 Å². The van der Waals surface area contributed by atoms with Gasteiger partial charge >= 0.3 is 0 Å². The van der Waals surface area contributed by atoms with Gasteiger partial charge in [-0.2, -0.15) is 4.31 Å². The number of likely N-dealkylation sites (tertiary alicyclic amines) is 1. The molecule has 26 heavy (non-hydrogen) atoms. The second kappa shape index (κ2) is 8.47. The summed E-state index contributed by atoms with van der Waals surface area (Å²) in [5.74, 6) is -0.164. The smallest absolute Gasteiger partial charge is 0.251 e. The topological polar surface area (TPSA) is 79.0 Å². The normalized spacial score (nSPS) is 22.4. The number of rotatable bonds is 6. The van der Waals surface area contributed by atoms with Gasteiger partial charge in [0.15, 0.2) is 0 Å². The molecule has 0 aliphatic carbocycles. The summed E-state index contributed by atoms with van der Waals surface area (Å²) in [5.41, 5.74) is 0.479. The molecule has 0 spiro atoms. The molecule has 2 heterocycles. The van der Waals surface area contributed by atoms with E-state index in [-0.39, 0.29) is 10.8 Å². The lowest BCUT2D eigenvalue weighted by molar-refractivity contribution is 0.0730. The van der Waals surface area contributed by atoms with Crippen LogP contribution in [-0.2, 0) is 14.8 Å². The minimum absolute atomic E-state index is 0.164. The average Bonchev–Trinajstić information content (AvgIpc) is 3.14. The molecule has 2 aliphatic rings. The van der Waals surface area contributed by atoms with Gasteiger partial charge in [0.05, 0.1) is 18.1 Å². The summed E-state index contributed by atoms with van der Waals surface area (Å²) >= 11 is 0. The predicted octanol–water partition coefficient (Wildman–Crippen LogP) is 0.922. The van der Waals surface area contributed by atoms with Gasteiger partial charge < -0.3 is 10.1 Å². The van der Waals surface area contributed by atoms with Gasteiger partial charge in [-0.15, -0.1) is 0 Å². The first-order valence-electron chi connectivity index (χ1n) is 9.22. The van der Waals surface area contributed by atoms with Gasteiger partial charge in [-0.3, -0.25) is 9.69 Å². The lowest BCUT2D eigenvalue weighted by atomic mass is 10.2. The van der Waals surface area contributed by atoms with Crippen molar-refractivity contribution in [3.05, 3.63) is 29.8 Å². The highest BCUT2D eigenvalue weighted by Gasteiger charge is 2.27. The molecule has 1 aromatic carbocycles. The Kier molecular flexibility index (Phi) is 6.29. The van der Waals surface area contributed by atoms with Crippen molar-refractivity contribution in [1.82, 2.24) is 14.5 Å². The van der Waals surface area contributed by atoms with Crippen LogP contribution in [0.3, 0.4) is 0 Å². The highest BCUT2D eigenvalue weighted by Crippen LogP contribution is 2.18. The van der Waals surface area contributed by atoms with Gasteiger partial charge in [-0.1, -0.05) is 6.92 Å².